The molecular formula is C18H28N6O2. The third-order valence-electron chi connectivity index (χ3n) is 5.76. The predicted molar refractivity (Wildman–Crippen MR) is 99.5 cm³/mol. The van der Waals surface area contributed by atoms with Crippen molar-refractivity contribution in [1.29, 1.82) is 0 Å². The van der Waals surface area contributed by atoms with Crippen LogP contribution in [0.3, 0.4) is 0 Å². The molecule has 26 heavy (non-hydrogen) atoms. The third kappa shape index (κ3) is 3.32. The highest BCUT2D eigenvalue weighted by molar-refractivity contribution is 5.91. The van der Waals surface area contributed by atoms with Gasteiger partial charge >= 0.3 is 0 Å². The van der Waals surface area contributed by atoms with Crippen LogP contribution in [0.2, 0.25) is 0 Å². The third-order valence-corrected chi connectivity index (χ3v) is 5.76. The zero-order chi connectivity index (χ0) is 19.1. The zero-order valence-corrected chi connectivity index (χ0v) is 16.0. The van der Waals surface area contributed by atoms with Crippen molar-refractivity contribution >= 4 is 23.6 Å². The lowest BCUT2D eigenvalue weighted by molar-refractivity contribution is -0.137. The van der Waals surface area contributed by atoms with E-state index in [-0.39, 0.29) is 23.7 Å². The second-order valence-electron chi connectivity index (χ2n) is 7.75. The van der Waals surface area contributed by atoms with Crippen LogP contribution in [-0.4, -0.2) is 70.3 Å². The molecule has 0 saturated carbocycles. The predicted octanol–water partition coefficient (Wildman–Crippen LogP) is 0.663. The lowest BCUT2D eigenvalue weighted by Crippen LogP contribution is -2.48. The minimum Gasteiger partial charge on any atom is -0.368 e. The van der Waals surface area contributed by atoms with Crippen molar-refractivity contribution in [1.82, 2.24) is 19.8 Å². The number of aryl methyl sites for hydroxylation is 1. The van der Waals surface area contributed by atoms with Crippen molar-refractivity contribution in [2.24, 2.45) is 5.92 Å². The molecule has 2 amide bonds. The Morgan fingerprint density at radius 1 is 1.23 bits per heavy atom. The number of amides is 2. The Labute approximate surface area is 154 Å². The topological polar surface area (TPSA) is 95.7 Å². The molecule has 0 radical (unpaired) electrons. The van der Waals surface area contributed by atoms with Crippen LogP contribution in [0.4, 0.5) is 11.8 Å². The van der Waals surface area contributed by atoms with Gasteiger partial charge in [0.05, 0.1) is 5.92 Å². The van der Waals surface area contributed by atoms with E-state index in [1.165, 1.54) is 0 Å². The Morgan fingerprint density at radius 2 is 1.96 bits per heavy atom. The van der Waals surface area contributed by atoms with Crippen molar-refractivity contribution < 1.29 is 9.59 Å². The van der Waals surface area contributed by atoms with Gasteiger partial charge in [-0.2, -0.15) is 4.98 Å². The number of rotatable bonds is 2. The quantitative estimate of drug-likeness (QED) is 0.832. The summed E-state index contributed by atoms with van der Waals surface area (Å²) < 4.78 is 0. The Bertz CT molecular complexity index is 699. The maximum atomic E-state index is 13.1. The standard InChI is InChI=1S/C18H28N6O2/c1-12-10-14(21-17(19)20-12)23-6-5-7-24(9-8-23)16(26)13-11-15(25)22(4)18(13,2)3/h10,13H,5-9,11H2,1-4H3,(H2,19,20,21). The van der Waals surface area contributed by atoms with Crippen LogP contribution in [0.5, 0.6) is 0 Å². The molecule has 3 heterocycles. The molecule has 142 valence electrons. The number of nitrogens with two attached hydrogens (primary N) is 1. The number of aromatic nitrogens is 2. The number of likely N-dealkylation sites (tertiary alicyclic amines) is 1. The van der Waals surface area contributed by atoms with E-state index in [4.69, 9.17) is 5.73 Å². The van der Waals surface area contributed by atoms with Gasteiger partial charge in [0, 0.05) is 56.9 Å². The Hall–Kier alpha value is -2.38. The minimum atomic E-state index is -0.446. The summed E-state index contributed by atoms with van der Waals surface area (Å²) in [5, 5.41) is 0. The van der Waals surface area contributed by atoms with Gasteiger partial charge in [-0.3, -0.25) is 9.59 Å². The molecule has 0 aliphatic carbocycles. The van der Waals surface area contributed by atoms with Crippen molar-refractivity contribution in [3.8, 4) is 0 Å². The number of nitrogen functional groups attached to an aromatic ring is 1. The zero-order valence-electron chi connectivity index (χ0n) is 16.0. The van der Waals surface area contributed by atoms with Gasteiger partial charge in [-0.1, -0.05) is 0 Å². The average Bonchev–Trinajstić information content (AvgIpc) is 2.76. The molecule has 3 rings (SSSR count). The second-order valence-corrected chi connectivity index (χ2v) is 7.75. The van der Waals surface area contributed by atoms with Gasteiger partial charge in [-0.05, 0) is 27.2 Å². The van der Waals surface area contributed by atoms with Crippen molar-refractivity contribution in [3.63, 3.8) is 0 Å². The molecule has 1 aromatic heterocycles. The van der Waals surface area contributed by atoms with E-state index in [1.54, 1.807) is 11.9 Å². The van der Waals surface area contributed by atoms with Crippen LogP contribution in [0.15, 0.2) is 6.07 Å². The van der Waals surface area contributed by atoms with Crippen molar-refractivity contribution in [3.05, 3.63) is 11.8 Å². The van der Waals surface area contributed by atoms with Gasteiger partial charge in [0.25, 0.3) is 0 Å². The number of carbonyl (C=O) groups is 2. The Morgan fingerprint density at radius 3 is 2.58 bits per heavy atom. The van der Waals surface area contributed by atoms with E-state index in [2.05, 4.69) is 14.9 Å². The molecule has 1 unspecified atom stereocenters. The SMILES string of the molecule is Cc1cc(N2CCCN(C(=O)C3CC(=O)N(C)C3(C)C)CC2)nc(N)n1. The Kier molecular flexibility index (Phi) is 4.77. The molecule has 2 fully saturated rings. The summed E-state index contributed by atoms with van der Waals surface area (Å²) in [7, 11) is 1.78. The molecule has 2 saturated heterocycles. The minimum absolute atomic E-state index is 0.0386. The smallest absolute Gasteiger partial charge is 0.228 e. The first-order chi connectivity index (χ1) is 12.2. The summed E-state index contributed by atoms with van der Waals surface area (Å²) in [5.74, 6) is 0.903. The highest BCUT2D eigenvalue weighted by Crippen LogP contribution is 2.35. The number of carbonyl (C=O) groups excluding carboxylic acids is 2. The summed E-state index contributed by atoms with van der Waals surface area (Å²) in [6, 6.07) is 1.92. The van der Waals surface area contributed by atoms with Crippen LogP contribution < -0.4 is 10.6 Å². The molecule has 0 aromatic carbocycles. The highest BCUT2D eigenvalue weighted by Gasteiger charge is 2.49. The van der Waals surface area contributed by atoms with E-state index in [9.17, 15) is 9.59 Å². The fourth-order valence-electron chi connectivity index (χ4n) is 3.83. The highest BCUT2D eigenvalue weighted by atomic mass is 16.2. The molecule has 2 aliphatic heterocycles. The van der Waals surface area contributed by atoms with Gasteiger partial charge < -0.3 is 20.4 Å². The number of hydrogen-bond acceptors (Lipinski definition) is 6. The second kappa shape index (κ2) is 6.74. The van der Waals surface area contributed by atoms with Crippen molar-refractivity contribution in [2.75, 3.05) is 43.9 Å². The van der Waals surface area contributed by atoms with Gasteiger partial charge in [0.15, 0.2) is 0 Å². The van der Waals surface area contributed by atoms with Crippen molar-refractivity contribution in [2.45, 2.75) is 39.2 Å². The molecule has 0 bridgehead atoms. The van der Waals surface area contributed by atoms with Gasteiger partial charge in [0.2, 0.25) is 17.8 Å². The molecule has 2 aliphatic rings. The summed E-state index contributed by atoms with van der Waals surface area (Å²) >= 11 is 0. The van der Waals surface area contributed by atoms with Gasteiger partial charge in [-0.15, -0.1) is 0 Å². The number of nitrogens with zero attached hydrogens (tertiary/aromatic N) is 5. The fourth-order valence-corrected chi connectivity index (χ4v) is 3.83. The molecule has 1 atom stereocenters. The first kappa shape index (κ1) is 18.4. The van der Waals surface area contributed by atoms with Gasteiger partial charge in [0.1, 0.15) is 5.82 Å². The monoisotopic (exact) mass is 360 g/mol. The molecule has 8 nitrogen and oxygen atoms in total. The van der Waals surface area contributed by atoms with Crippen LogP contribution in [0.25, 0.3) is 0 Å². The summed E-state index contributed by atoms with van der Waals surface area (Å²) in [5.41, 5.74) is 6.16. The largest absolute Gasteiger partial charge is 0.368 e. The van der Waals surface area contributed by atoms with Crippen LogP contribution in [0.1, 0.15) is 32.4 Å². The molecular weight excluding hydrogens is 332 g/mol. The van der Waals surface area contributed by atoms with Gasteiger partial charge in [-0.25, -0.2) is 4.98 Å². The van der Waals surface area contributed by atoms with Crippen LogP contribution in [-0.2, 0) is 9.59 Å². The number of anilines is 2. The first-order valence-electron chi connectivity index (χ1n) is 9.11. The Balaban J connectivity index is 1.71. The van der Waals surface area contributed by atoms with E-state index in [0.717, 1.165) is 24.5 Å². The maximum Gasteiger partial charge on any atom is 0.228 e. The molecule has 1 aromatic rings. The first-order valence-corrected chi connectivity index (χ1v) is 9.11. The fraction of sp³-hybridized carbons (Fsp3) is 0.667. The maximum absolute atomic E-state index is 13.1. The molecule has 0 spiro atoms. The van der Waals surface area contributed by atoms with E-state index in [0.29, 0.717) is 26.1 Å². The average molecular weight is 360 g/mol. The normalized spacial score (nSPS) is 23.3. The summed E-state index contributed by atoms with van der Waals surface area (Å²) in [4.78, 5) is 39.4. The summed E-state index contributed by atoms with van der Waals surface area (Å²) in [6.45, 7) is 8.65. The van der Waals surface area contributed by atoms with E-state index in [1.807, 2.05) is 31.7 Å². The lowest BCUT2D eigenvalue weighted by atomic mass is 9.87. The number of hydrogen-bond donors (Lipinski definition) is 1. The van der Waals surface area contributed by atoms with E-state index < -0.39 is 5.54 Å². The van der Waals surface area contributed by atoms with Crippen LogP contribution in [0, 0.1) is 12.8 Å². The molecule has 8 heteroatoms. The van der Waals surface area contributed by atoms with E-state index >= 15 is 0 Å². The van der Waals surface area contributed by atoms with Crippen LogP contribution >= 0.6 is 0 Å². The summed E-state index contributed by atoms with van der Waals surface area (Å²) in [6.07, 6.45) is 1.15. The molecule has 2 N–H and O–H groups in total. The lowest BCUT2D eigenvalue weighted by Gasteiger charge is -2.35.